The summed E-state index contributed by atoms with van der Waals surface area (Å²) < 4.78 is 2.77. The van der Waals surface area contributed by atoms with E-state index in [1.54, 1.807) is 11.1 Å². The van der Waals surface area contributed by atoms with Gasteiger partial charge in [-0.1, -0.05) is 0 Å². The van der Waals surface area contributed by atoms with E-state index in [9.17, 15) is 0 Å². The Balaban J connectivity index is 1.81. The molecule has 2 aromatic carbocycles. The van der Waals surface area contributed by atoms with Gasteiger partial charge < -0.3 is 0 Å². The number of benzene rings is 2. The van der Waals surface area contributed by atoms with Gasteiger partial charge >= 0.3 is 170 Å². The van der Waals surface area contributed by atoms with Crippen LogP contribution in [0.25, 0.3) is 12.2 Å². The SMILES string of the molecule is [CH2]C[CH2][Y]([CH]1C=Cc2c(C)ccc(C)c21)[CH]1C=Cc2c(C)ccc(C)c21. The van der Waals surface area contributed by atoms with Crippen molar-refractivity contribution in [1.29, 1.82) is 0 Å². The van der Waals surface area contributed by atoms with Crippen molar-refractivity contribution in [2.75, 3.05) is 0 Å². The quantitative estimate of drug-likeness (QED) is 0.502. The first kappa shape index (κ1) is 18.4. The van der Waals surface area contributed by atoms with Crippen LogP contribution in [0, 0.1) is 34.6 Å². The first-order chi connectivity index (χ1) is 12.5. The van der Waals surface area contributed by atoms with Crippen LogP contribution in [0.3, 0.4) is 0 Å². The van der Waals surface area contributed by atoms with Gasteiger partial charge in [0.25, 0.3) is 0 Å². The molecule has 0 spiro atoms. The minimum absolute atomic E-state index is 0.703. The third-order valence-electron chi connectivity index (χ3n) is 6.51. The van der Waals surface area contributed by atoms with Gasteiger partial charge in [-0.2, -0.15) is 0 Å². The molecule has 131 valence electrons. The average Bonchev–Trinajstić information content (AvgIpc) is 3.25. The fourth-order valence-electron chi connectivity index (χ4n) is 5.16. The number of fused-ring (bicyclic) bond motifs is 2. The topological polar surface area (TPSA) is 0 Å². The van der Waals surface area contributed by atoms with Crippen LogP contribution in [0.2, 0.25) is 3.23 Å². The molecule has 0 N–H and O–H groups in total. The maximum absolute atomic E-state index is 4.26. The van der Waals surface area contributed by atoms with Crippen LogP contribution in [0.1, 0.15) is 56.4 Å². The Hall–Kier alpha value is -0.976. The Kier molecular flexibility index (Phi) is 5.10. The Morgan fingerprint density at radius 2 is 1.15 bits per heavy atom. The van der Waals surface area contributed by atoms with E-state index >= 15 is 0 Å². The van der Waals surface area contributed by atoms with Crippen molar-refractivity contribution >= 4 is 12.2 Å². The van der Waals surface area contributed by atoms with Gasteiger partial charge in [0.05, 0.1) is 0 Å². The normalized spacial score (nSPS) is 19.7. The van der Waals surface area contributed by atoms with E-state index in [0.717, 1.165) is 6.42 Å². The molecule has 0 aromatic heterocycles. The van der Waals surface area contributed by atoms with Gasteiger partial charge in [-0.15, -0.1) is 0 Å². The van der Waals surface area contributed by atoms with E-state index in [1.165, 1.54) is 36.6 Å². The molecule has 0 fully saturated rings. The Morgan fingerprint density at radius 3 is 1.58 bits per heavy atom. The molecule has 2 aliphatic rings. The number of allylic oxidation sites excluding steroid dienone is 2. The Morgan fingerprint density at radius 1 is 0.731 bits per heavy atom. The van der Waals surface area contributed by atoms with Gasteiger partial charge in [0.15, 0.2) is 0 Å². The van der Waals surface area contributed by atoms with Crippen LogP contribution < -0.4 is 0 Å². The van der Waals surface area contributed by atoms with E-state index in [2.05, 4.69) is 83.2 Å². The number of rotatable bonds is 4. The van der Waals surface area contributed by atoms with Gasteiger partial charge in [0.2, 0.25) is 0 Å². The van der Waals surface area contributed by atoms with Crippen molar-refractivity contribution in [3.05, 3.63) is 87.8 Å². The summed E-state index contributed by atoms with van der Waals surface area (Å²) in [6, 6.07) is 9.22. The van der Waals surface area contributed by atoms with Gasteiger partial charge in [-0.05, 0) is 0 Å². The van der Waals surface area contributed by atoms with Crippen molar-refractivity contribution in [1.82, 2.24) is 0 Å². The van der Waals surface area contributed by atoms with E-state index in [-0.39, 0.29) is 0 Å². The molecule has 1 radical (unpaired) electrons. The average molecular weight is 417 g/mol. The summed E-state index contributed by atoms with van der Waals surface area (Å²) >= 11 is -2.03. The standard InChI is InChI=1S/2C11H11.C3H6.Y/c2*1-8-6-7-9(2)11-5-3-4-10(8)11;1-3-2;/h2*3-7H,1-2H3;1-3H2;. The Bertz CT molecular complexity index is 843. The first-order valence-electron chi connectivity index (χ1n) is 9.88. The van der Waals surface area contributed by atoms with Gasteiger partial charge in [-0.3, -0.25) is 0 Å². The van der Waals surface area contributed by atoms with E-state index in [4.69, 9.17) is 0 Å². The second-order valence-electron chi connectivity index (χ2n) is 8.13. The number of hydrogen-bond donors (Lipinski definition) is 0. The van der Waals surface area contributed by atoms with E-state index in [1.807, 2.05) is 0 Å². The molecular weight excluding hydrogens is 389 g/mol. The molecule has 0 amide bonds. The van der Waals surface area contributed by atoms with Crippen molar-refractivity contribution in [2.24, 2.45) is 0 Å². The molecule has 0 heterocycles. The monoisotopic (exact) mass is 417 g/mol. The third-order valence-corrected chi connectivity index (χ3v) is 16.4. The van der Waals surface area contributed by atoms with E-state index in [0.29, 0.717) is 5.46 Å². The number of aryl methyl sites for hydroxylation is 4. The van der Waals surface area contributed by atoms with Crippen LogP contribution in [0.4, 0.5) is 0 Å². The second-order valence-corrected chi connectivity index (χ2v) is 16.3. The Labute approximate surface area is 169 Å². The summed E-state index contributed by atoms with van der Waals surface area (Å²) in [6.07, 6.45) is 11.0. The van der Waals surface area contributed by atoms with E-state index < -0.39 is 27.4 Å². The first-order valence-corrected chi connectivity index (χ1v) is 15.2. The molecule has 0 aliphatic heterocycles. The fourth-order valence-corrected chi connectivity index (χ4v) is 15.4. The predicted molar refractivity (Wildman–Crippen MR) is 110 cm³/mol. The van der Waals surface area contributed by atoms with Crippen LogP contribution in [0.15, 0.2) is 36.4 Å². The van der Waals surface area contributed by atoms with Crippen LogP contribution in [-0.2, 0) is 27.4 Å². The third kappa shape index (κ3) is 2.90. The molecule has 0 saturated heterocycles. The maximum atomic E-state index is 4.26. The summed E-state index contributed by atoms with van der Waals surface area (Å²) in [4.78, 5) is 0. The number of hydrogen-bond acceptors (Lipinski definition) is 0. The zero-order valence-electron chi connectivity index (χ0n) is 16.5. The molecule has 1 heteroatoms. The summed E-state index contributed by atoms with van der Waals surface area (Å²) in [7, 11) is 0. The zero-order valence-corrected chi connectivity index (χ0v) is 19.3. The molecule has 2 aromatic rings. The predicted octanol–water partition coefficient (Wildman–Crippen LogP) is 7.02. The molecule has 2 aliphatic carbocycles. The molecule has 0 bridgehead atoms. The molecule has 0 nitrogen and oxygen atoms in total. The molecule has 2 atom stereocenters. The van der Waals surface area contributed by atoms with Crippen molar-refractivity contribution in [2.45, 2.75) is 42.8 Å². The van der Waals surface area contributed by atoms with Crippen molar-refractivity contribution in [3.8, 4) is 0 Å². The molecule has 2 unspecified atom stereocenters. The molecule has 0 saturated carbocycles. The summed E-state index contributed by atoms with van der Waals surface area (Å²) in [6.45, 7) is 13.4. The summed E-state index contributed by atoms with van der Waals surface area (Å²) in [5.74, 6) is 0. The fraction of sp³-hybridized carbons (Fsp3) is 0.320. The summed E-state index contributed by atoms with van der Waals surface area (Å²) in [5, 5.41) is 0. The minimum atomic E-state index is -2.03. The van der Waals surface area contributed by atoms with Crippen LogP contribution >= 0.6 is 0 Å². The molecular formula is C25H28Y. The zero-order chi connectivity index (χ0) is 18.4. The van der Waals surface area contributed by atoms with Crippen LogP contribution in [-0.4, -0.2) is 0 Å². The van der Waals surface area contributed by atoms with Gasteiger partial charge in [0, 0.05) is 0 Å². The second kappa shape index (κ2) is 7.21. The van der Waals surface area contributed by atoms with Crippen LogP contribution in [0.5, 0.6) is 0 Å². The molecule has 26 heavy (non-hydrogen) atoms. The summed E-state index contributed by atoms with van der Waals surface area (Å²) in [5.41, 5.74) is 12.1. The molecule has 4 rings (SSSR count). The van der Waals surface area contributed by atoms with Crippen molar-refractivity contribution in [3.63, 3.8) is 0 Å². The van der Waals surface area contributed by atoms with Gasteiger partial charge in [0.1, 0.15) is 0 Å². The van der Waals surface area contributed by atoms with Gasteiger partial charge in [-0.25, -0.2) is 0 Å². The van der Waals surface area contributed by atoms with Crippen molar-refractivity contribution < 1.29 is 27.4 Å².